The van der Waals surface area contributed by atoms with Crippen LogP contribution >= 0.6 is 0 Å². The summed E-state index contributed by atoms with van der Waals surface area (Å²) < 4.78 is 0. The van der Waals surface area contributed by atoms with Crippen LogP contribution in [0.15, 0.2) is 42.6 Å². The van der Waals surface area contributed by atoms with Crippen molar-refractivity contribution in [1.29, 1.82) is 0 Å². The number of nitro groups is 1. The van der Waals surface area contributed by atoms with E-state index in [2.05, 4.69) is 10.3 Å². The van der Waals surface area contributed by atoms with Gasteiger partial charge in [-0.15, -0.1) is 0 Å². The number of pyridine rings is 1. The molecular formula is C12H11N3O2. The van der Waals surface area contributed by atoms with Crippen LogP contribution < -0.4 is 5.32 Å². The number of aryl methyl sites for hydroxylation is 1. The summed E-state index contributed by atoms with van der Waals surface area (Å²) in [6.45, 7) is 1.94. The van der Waals surface area contributed by atoms with E-state index >= 15 is 0 Å². The van der Waals surface area contributed by atoms with E-state index in [1.54, 1.807) is 24.4 Å². The fraction of sp³-hybridized carbons (Fsp3) is 0.0833. The lowest BCUT2D eigenvalue weighted by Crippen LogP contribution is -1.98. The minimum Gasteiger partial charge on any atom is -0.335 e. The van der Waals surface area contributed by atoms with Crippen molar-refractivity contribution in [3.8, 4) is 0 Å². The predicted octanol–water partition coefficient (Wildman–Crippen LogP) is 3.04. The van der Waals surface area contributed by atoms with E-state index in [0.29, 0.717) is 11.5 Å². The topological polar surface area (TPSA) is 68.1 Å². The van der Waals surface area contributed by atoms with Crippen LogP contribution in [-0.2, 0) is 0 Å². The van der Waals surface area contributed by atoms with Crippen molar-refractivity contribution in [2.75, 3.05) is 5.32 Å². The summed E-state index contributed by atoms with van der Waals surface area (Å²) in [6, 6.07) is 10.2. The van der Waals surface area contributed by atoms with Crippen LogP contribution in [0.1, 0.15) is 5.56 Å². The highest BCUT2D eigenvalue weighted by molar-refractivity contribution is 5.67. The van der Waals surface area contributed by atoms with Crippen LogP contribution in [0.2, 0.25) is 0 Å². The van der Waals surface area contributed by atoms with E-state index in [0.717, 1.165) is 5.56 Å². The van der Waals surface area contributed by atoms with Crippen molar-refractivity contribution >= 4 is 17.2 Å². The molecule has 0 bridgehead atoms. The molecule has 0 fully saturated rings. The molecule has 0 aliphatic heterocycles. The largest absolute Gasteiger partial charge is 0.335 e. The van der Waals surface area contributed by atoms with Gasteiger partial charge in [0, 0.05) is 12.3 Å². The highest BCUT2D eigenvalue weighted by Crippen LogP contribution is 2.26. The zero-order valence-electron chi connectivity index (χ0n) is 9.25. The summed E-state index contributed by atoms with van der Waals surface area (Å²) in [6.07, 6.45) is 1.66. The maximum atomic E-state index is 10.8. The number of para-hydroxylation sites is 2. The second-order valence-electron chi connectivity index (χ2n) is 3.62. The van der Waals surface area contributed by atoms with Gasteiger partial charge >= 0.3 is 0 Å². The number of anilines is 2. The first-order valence-corrected chi connectivity index (χ1v) is 5.10. The average Bonchev–Trinajstić information content (AvgIpc) is 2.29. The molecule has 5 heteroatoms. The first-order chi connectivity index (χ1) is 8.16. The Balaban J connectivity index is 2.33. The maximum Gasteiger partial charge on any atom is 0.292 e. The maximum absolute atomic E-state index is 10.8. The van der Waals surface area contributed by atoms with Gasteiger partial charge < -0.3 is 5.32 Å². The van der Waals surface area contributed by atoms with Crippen molar-refractivity contribution in [3.63, 3.8) is 0 Å². The van der Waals surface area contributed by atoms with E-state index in [1.165, 1.54) is 6.07 Å². The highest BCUT2D eigenvalue weighted by Gasteiger charge is 2.12. The molecule has 0 aliphatic carbocycles. The van der Waals surface area contributed by atoms with E-state index in [-0.39, 0.29) is 5.69 Å². The number of nitrogens with zero attached hydrogens (tertiary/aromatic N) is 2. The van der Waals surface area contributed by atoms with Gasteiger partial charge in [-0.25, -0.2) is 4.98 Å². The molecule has 1 N–H and O–H groups in total. The average molecular weight is 229 g/mol. The number of nitro benzene ring substituents is 1. The van der Waals surface area contributed by atoms with E-state index in [1.807, 2.05) is 19.1 Å². The predicted molar refractivity (Wildman–Crippen MR) is 65.4 cm³/mol. The molecule has 0 unspecified atom stereocenters. The Labute approximate surface area is 98.3 Å². The Kier molecular flexibility index (Phi) is 3.00. The van der Waals surface area contributed by atoms with Gasteiger partial charge in [0.05, 0.1) is 4.92 Å². The lowest BCUT2D eigenvalue weighted by atomic mass is 10.2. The van der Waals surface area contributed by atoms with Crippen LogP contribution in [-0.4, -0.2) is 9.91 Å². The molecule has 0 atom stereocenters. The fourth-order valence-electron chi connectivity index (χ4n) is 1.48. The van der Waals surface area contributed by atoms with Crippen LogP contribution in [0.25, 0.3) is 0 Å². The van der Waals surface area contributed by atoms with Gasteiger partial charge in [-0.2, -0.15) is 0 Å². The molecular weight excluding hydrogens is 218 g/mol. The van der Waals surface area contributed by atoms with Gasteiger partial charge in [0.15, 0.2) is 0 Å². The quantitative estimate of drug-likeness (QED) is 0.648. The van der Waals surface area contributed by atoms with Gasteiger partial charge in [0.1, 0.15) is 11.5 Å². The third kappa shape index (κ3) is 2.57. The molecule has 17 heavy (non-hydrogen) atoms. The summed E-state index contributed by atoms with van der Waals surface area (Å²) >= 11 is 0. The second kappa shape index (κ2) is 4.61. The van der Waals surface area contributed by atoms with Gasteiger partial charge in [-0.3, -0.25) is 10.1 Å². The highest BCUT2D eigenvalue weighted by atomic mass is 16.6. The molecule has 2 aromatic rings. The van der Waals surface area contributed by atoms with E-state index < -0.39 is 4.92 Å². The van der Waals surface area contributed by atoms with Crippen LogP contribution in [0, 0.1) is 17.0 Å². The Hall–Kier alpha value is -2.43. The van der Waals surface area contributed by atoms with Gasteiger partial charge in [0.25, 0.3) is 5.69 Å². The normalized spacial score (nSPS) is 9.94. The Morgan fingerprint density at radius 2 is 2.06 bits per heavy atom. The first kappa shape index (κ1) is 11.1. The number of aromatic nitrogens is 1. The van der Waals surface area contributed by atoms with Crippen molar-refractivity contribution in [3.05, 3.63) is 58.3 Å². The standard InChI is InChI=1S/C12H11N3O2/c1-9-6-7-13-12(8-9)14-10-4-2-3-5-11(10)15(16)17/h2-8H,1H3,(H,13,14). The van der Waals surface area contributed by atoms with Crippen molar-refractivity contribution in [2.45, 2.75) is 6.92 Å². The molecule has 0 saturated heterocycles. The minimum absolute atomic E-state index is 0.0378. The molecule has 1 aromatic carbocycles. The molecule has 86 valence electrons. The minimum atomic E-state index is -0.419. The van der Waals surface area contributed by atoms with Crippen molar-refractivity contribution in [1.82, 2.24) is 4.98 Å². The third-order valence-corrected chi connectivity index (χ3v) is 2.28. The summed E-state index contributed by atoms with van der Waals surface area (Å²) in [4.78, 5) is 14.5. The molecule has 1 heterocycles. The zero-order valence-corrected chi connectivity index (χ0v) is 9.25. The monoisotopic (exact) mass is 229 g/mol. The molecule has 0 spiro atoms. The van der Waals surface area contributed by atoms with Gasteiger partial charge in [0.2, 0.25) is 0 Å². The molecule has 2 rings (SSSR count). The molecule has 5 nitrogen and oxygen atoms in total. The second-order valence-corrected chi connectivity index (χ2v) is 3.62. The number of nitrogens with one attached hydrogen (secondary N) is 1. The number of benzene rings is 1. The third-order valence-electron chi connectivity index (χ3n) is 2.28. The van der Waals surface area contributed by atoms with E-state index in [4.69, 9.17) is 0 Å². The van der Waals surface area contributed by atoms with Crippen molar-refractivity contribution < 1.29 is 4.92 Å². The Morgan fingerprint density at radius 1 is 1.29 bits per heavy atom. The van der Waals surface area contributed by atoms with Crippen LogP contribution in [0.4, 0.5) is 17.2 Å². The first-order valence-electron chi connectivity index (χ1n) is 5.10. The Morgan fingerprint density at radius 3 is 2.76 bits per heavy atom. The molecule has 0 saturated carbocycles. The number of hydrogen-bond donors (Lipinski definition) is 1. The summed E-state index contributed by atoms with van der Waals surface area (Å²) in [5.74, 6) is 0.597. The lowest BCUT2D eigenvalue weighted by molar-refractivity contribution is -0.383. The number of rotatable bonds is 3. The summed E-state index contributed by atoms with van der Waals surface area (Å²) in [5.41, 5.74) is 1.52. The zero-order chi connectivity index (χ0) is 12.3. The smallest absolute Gasteiger partial charge is 0.292 e. The van der Waals surface area contributed by atoms with Crippen LogP contribution in [0.5, 0.6) is 0 Å². The molecule has 0 amide bonds. The van der Waals surface area contributed by atoms with E-state index in [9.17, 15) is 10.1 Å². The lowest BCUT2D eigenvalue weighted by Gasteiger charge is -2.06. The molecule has 0 aliphatic rings. The molecule has 1 aromatic heterocycles. The van der Waals surface area contributed by atoms with Crippen molar-refractivity contribution in [2.24, 2.45) is 0 Å². The SMILES string of the molecule is Cc1ccnc(Nc2ccccc2[N+](=O)[O-])c1. The number of hydrogen-bond acceptors (Lipinski definition) is 4. The van der Waals surface area contributed by atoms with Gasteiger partial charge in [-0.1, -0.05) is 12.1 Å². The Bertz CT molecular complexity index is 555. The summed E-state index contributed by atoms with van der Waals surface area (Å²) in [5, 5.41) is 13.8. The van der Waals surface area contributed by atoms with Gasteiger partial charge in [-0.05, 0) is 30.7 Å². The fourth-order valence-corrected chi connectivity index (χ4v) is 1.48. The molecule has 0 radical (unpaired) electrons. The van der Waals surface area contributed by atoms with Crippen LogP contribution in [0.3, 0.4) is 0 Å². The summed E-state index contributed by atoms with van der Waals surface area (Å²) in [7, 11) is 0.